The Morgan fingerprint density at radius 3 is 2.67 bits per heavy atom. The molecule has 4 rings (SSSR count). The zero-order valence-corrected chi connectivity index (χ0v) is 26.4. The molecule has 0 amide bonds. The number of hydrazone groups is 1. The summed E-state index contributed by atoms with van der Waals surface area (Å²) in [5, 5.41) is 7.47. The van der Waals surface area contributed by atoms with E-state index >= 15 is 0 Å². The van der Waals surface area contributed by atoms with Crippen LogP contribution in [0.3, 0.4) is 0 Å². The van der Waals surface area contributed by atoms with Gasteiger partial charge in [-0.05, 0) is 44.2 Å². The fourth-order valence-electron chi connectivity index (χ4n) is 4.07. The van der Waals surface area contributed by atoms with Crippen LogP contribution in [0.1, 0.15) is 25.8 Å². The monoisotopic (exact) mass is 631 g/mol. The summed E-state index contributed by atoms with van der Waals surface area (Å²) in [6.45, 7) is 4.64. The van der Waals surface area contributed by atoms with E-state index in [2.05, 4.69) is 30.5 Å². The molecule has 0 spiro atoms. The SMILES string of the molecule is C/C=C\C(=C/C1=C(C)OCCO1)S(=O)NC1=CC=CC(N=CN/N=C(\N)c2cccnc2Nc2cc(OC)cc(OC)c2)=CC1. The molecule has 1 aliphatic heterocycles. The number of methoxy groups -OCH3 is 2. The molecule has 0 saturated carbocycles. The highest BCUT2D eigenvalue weighted by atomic mass is 32.2. The molecular formula is C32H37N7O5S. The zero-order valence-electron chi connectivity index (χ0n) is 25.6. The predicted octanol–water partition coefficient (Wildman–Crippen LogP) is 4.80. The topological polar surface area (TPSA) is 154 Å². The van der Waals surface area contributed by atoms with Gasteiger partial charge in [-0.2, -0.15) is 5.10 Å². The van der Waals surface area contributed by atoms with E-state index in [4.69, 9.17) is 24.7 Å². The van der Waals surface area contributed by atoms with Gasteiger partial charge in [0.25, 0.3) is 0 Å². The Labute approximate surface area is 265 Å². The maximum Gasteiger partial charge on any atom is 0.158 e. The van der Waals surface area contributed by atoms with Crippen molar-refractivity contribution in [3.63, 3.8) is 0 Å². The molecule has 0 bridgehead atoms. The van der Waals surface area contributed by atoms with Crippen LogP contribution in [0.15, 0.2) is 117 Å². The van der Waals surface area contributed by atoms with E-state index in [0.717, 1.165) is 5.70 Å². The van der Waals surface area contributed by atoms with Gasteiger partial charge in [-0.25, -0.2) is 14.2 Å². The van der Waals surface area contributed by atoms with Crippen LogP contribution in [0.25, 0.3) is 0 Å². The summed E-state index contributed by atoms with van der Waals surface area (Å²) in [5.74, 6) is 3.20. The molecule has 1 aromatic heterocycles. The number of hydrogen-bond donors (Lipinski definition) is 4. The molecule has 1 aromatic carbocycles. The number of ether oxygens (including phenoxy) is 4. The van der Waals surface area contributed by atoms with E-state index < -0.39 is 11.0 Å². The first-order chi connectivity index (χ1) is 21.9. The van der Waals surface area contributed by atoms with Crippen molar-refractivity contribution in [1.82, 2.24) is 15.1 Å². The van der Waals surface area contributed by atoms with Crippen molar-refractivity contribution in [3.8, 4) is 11.5 Å². The van der Waals surface area contributed by atoms with Gasteiger partial charge in [-0.1, -0.05) is 18.2 Å². The Balaban J connectivity index is 1.37. The second-order valence-corrected chi connectivity index (χ2v) is 10.6. The van der Waals surface area contributed by atoms with Gasteiger partial charge in [-0.3, -0.25) is 5.43 Å². The highest BCUT2D eigenvalue weighted by Crippen LogP contribution is 2.28. The first-order valence-electron chi connectivity index (χ1n) is 14.0. The number of allylic oxidation sites excluding steroid dienone is 8. The largest absolute Gasteiger partial charge is 0.497 e. The van der Waals surface area contributed by atoms with E-state index in [1.54, 1.807) is 50.8 Å². The maximum atomic E-state index is 13.1. The fraction of sp³-hybridized carbons (Fsp3) is 0.219. The summed E-state index contributed by atoms with van der Waals surface area (Å²) in [5.41, 5.74) is 11.8. The van der Waals surface area contributed by atoms with E-state index in [-0.39, 0.29) is 5.84 Å². The number of pyridine rings is 1. The molecule has 1 aliphatic carbocycles. The van der Waals surface area contributed by atoms with Crippen molar-refractivity contribution in [3.05, 3.63) is 112 Å². The van der Waals surface area contributed by atoms with Gasteiger partial charge < -0.3 is 34.7 Å². The molecular weight excluding hydrogens is 594 g/mol. The zero-order chi connectivity index (χ0) is 32.0. The quantitative estimate of drug-likeness (QED) is 0.106. The third-order valence-corrected chi connectivity index (χ3v) is 7.43. The third-order valence-electron chi connectivity index (χ3n) is 6.30. The van der Waals surface area contributed by atoms with Crippen LogP contribution < -0.4 is 30.7 Å². The summed E-state index contributed by atoms with van der Waals surface area (Å²) in [6.07, 6.45) is 16.3. The molecule has 12 nitrogen and oxygen atoms in total. The normalized spacial score (nSPS) is 16.4. The molecule has 5 N–H and O–H groups in total. The summed E-state index contributed by atoms with van der Waals surface area (Å²) in [4.78, 5) is 9.39. The van der Waals surface area contributed by atoms with E-state index in [1.165, 1.54) is 6.34 Å². The average Bonchev–Trinajstić information content (AvgIpc) is 3.28. The van der Waals surface area contributed by atoms with Crippen molar-refractivity contribution < 1.29 is 23.2 Å². The lowest BCUT2D eigenvalue weighted by Gasteiger charge is -2.18. The fourth-order valence-corrected chi connectivity index (χ4v) is 5.05. The van der Waals surface area contributed by atoms with Crippen LogP contribution in [-0.2, 0) is 20.5 Å². The van der Waals surface area contributed by atoms with Gasteiger partial charge in [0.15, 0.2) is 11.6 Å². The number of nitrogens with one attached hydrogen (secondary N) is 3. The van der Waals surface area contributed by atoms with Crippen molar-refractivity contribution >= 4 is 34.7 Å². The summed E-state index contributed by atoms with van der Waals surface area (Å²) < 4.78 is 38.1. The number of anilines is 2. The second-order valence-electron chi connectivity index (χ2n) is 9.43. The Morgan fingerprint density at radius 2 is 1.93 bits per heavy atom. The standard InChI is InChI=1S/C32H37N7O5S/c1-5-8-28(20-30-22(2)43-15-16-44-30)45(40)39-24-10-6-9-23(12-13-24)35-21-36-38-31(33)29-11-7-14-34-32(29)37-25-17-26(41-3)19-27(18-25)42-4/h5-12,14,17-21,39H,13,15-16H2,1-4H3,(H2,33,38)(H,34,37)(H,35,36)/b8-5-,28-20+. The number of aliphatic imine (C=N–C) groups is 1. The molecule has 0 fully saturated rings. The van der Waals surface area contributed by atoms with Gasteiger partial charge >= 0.3 is 0 Å². The highest BCUT2D eigenvalue weighted by molar-refractivity contribution is 7.87. The van der Waals surface area contributed by atoms with Gasteiger partial charge in [0, 0.05) is 48.3 Å². The number of nitrogens with two attached hydrogens (primary N) is 1. The Morgan fingerprint density at radius 1 is 1.16 bits per heavy atom. The van der Waals surface area contributed by atoms with Gasteiger partial charge in [0.05, 0.1) is 30.4 Å². The van der Waals surface area contributed by atoms with E-state index in [0.29, 0.717) is 70.3 Å². The summed E-state index contributed by atoms with van der Waals surface area (Å²) in [6, 6.07) is 8.98. The predicted molar refractivity (Wildman–Crippen MR) is 178 cm³/mol. The molecule has 0 radical (unpaired) electrons. The van der Waals surface area contributed by atoms with Crippen LogP contribution in [-0.4, -0.2) is 48.8 Å². The molecule has 2 aliphatic rings. The molecule has 2 heterocycles. The van der Waals surface area contributed by atoms with Crippen molar-refractivity contribution in [2.75, 3.05) is 32.8 Å². The first kappa shape index (κ1) is 32.6. The number of amidine groups is 1. The van der Waals surface area contributed by atoms with Gasteiger partial charge in [0.1, 0.15) is 53.6 Å². The van der Waals surface area contributed by atoms with E-state index in [9.17, 15) is 4.21 Å². The maximum absolute atomic E-state index is 13.1. The van der Waals surface area contributed by atoms with Crippen LogP contribution >= 0.6 is 0 Å². The highest BCUT2D eigenvalue weighted by Gasteiger charge is 2.14. The number of benzene rings is 1. The lowest BCUT2D eigenvalue weighted by atomic mass is 10.2. The lowest BCUT2D eigenvalue weighted by Crippen LogP contribution is -2.20. The molecule has 0 saturated heterocycles. The van der Waals surface area contributed by atoms with Crippen LogP contribution in [0, 0.1) is 0 Å². The second kappa shape index (κ2) is 16.5. The smallest absolute Gasteiger partial charge is 0.158 e. The van der Waals surface area contributed by atoms with Crippen molar-refractivity contribution in [1.29, 1.82) is 0 Å². The first-order valence-corrected chi connectivity index (χ1v) is 15.2. The minimum Gasteiger partial charge on any atom is -0.497 e. The molecule has 1 atom stereocenters. The average molecular weight is 632 g/mol. The molecule has 13 heteroatoms. The Hall–Kier alpha value is -5.30. The van der Waals surface area contributed by atoms with Gasteiger partial charge in [0.2, 0.25) is 0 Å². The molecule has 1 unspecified atom stereocenters. The summed E-state index contributed by atoms with van der Waals surface area (Å²) in [7, 11) is 1.65. The Bertz CT molecular complexity index is 1620. The minimum absolute atomic E-state index is 0.203. The number of rotatable bonds is 13. The van der Waals surface area contributed by atoms with Gasteiger partial charge in [-0.15, -0.1) is 0 Å². The number of aromatic nitrogens is 1. The van der Waals surface area contributed by atoms with Crippen LogP contribution in [0.5, 0.6) is 11.5 Å². The van der Waals surface area contributed by atoms with Crippen LogP contribution in [0.4, 0.5) is 11.5 Å². The number of hydrogen-bond acceptors (Lipinski definition) is 9. The van der Waals surface area contributed by atoms with E-state index in [1.807, 2.05) is 56.4 Å². The van der Waals surface area contributed by atoms with Crippen molar-refractivity contribution in [2.24, 2.45) is 15.8 Å². The molecule has 2 aromatic rings. The third kappa shape index (κ3) is 9.60. The minimum atomic E-state index is -1.52. The summed E-state index contributed by atoms with van der Waals surface area (Å²) >= 11 is 0. The number of nitrogens with zero attached hydrogens (tertiary/aromatic N) is 3. The molecule has 236 valence electrons. The lowest BCUT2D eigenvalue weighted by molar-refractivity contribution is 0.0708. The molecule has 45 heavy (non-hydrogen) atoms. The Kier molecular flexibility index (Phi) is 12.0. The van der Waals surface area contributed by atoms with Crippen LogP contribution in [0.2, 0.25) is 0 Å². The van der Waals surface area contributed by atoms with Crippen molar-refractivity contribution in [2.45, 2.75) is 20.3 Å².